The predicted octanol–water partition coefficient (Wildman–Crippen LogP) is 1.29. The quantitative estimate of drug-likeness (QED) is 0.396. The van der Waals surface area contributed by atoms with Crippen LogP contribution in [0.4, 0.5) is 0 Å². The summed E-state index contributed by atoms with van der Waals surface area (Å²) in [7, 11) is 2.84. The molecule has 0 aliphatic heterocycles. The van der Waals surface area contributed by atoms with E-state index < -0.39 is 16.8 Å². The monoisotopic (exact) mass is 391 g/mol. The average Bonchev–Trinajstić information content (AvgIpc) is 2.65. The van der Waals surface area contributed by atoms with Crippen LogP contribution in [0.25, 0.3) is 0 Å². The molecule has 1 aromatic heterocycles. The first kappa shape index (κ1) is 20.5. The lowest BCUT2D eigenvalue weighted by Crippen LogP contribution is -2.31. The highest BCUT2D eigenvalue weighted by atomic mass is 32.2. The number of nitrogens with one attached hydrogen (secondary N) is 2. The van der Waals surface area contributed by atoms with E-state index in [0.717, 1.165) is 17.3 Å². The first-order valence-corrected chi connectivity index (χ1v) is 9.04. The fourth-order valence-corrected chi connectivity index (χ4v) is 3.10. The van der Waals surface area contributed by atoms with Crippen LogP contribution in [0.2, 0.25) is 0 Å². The third kappa shape index (κ3) is 6.14. The van der Waals surface area contributed by atoms with Crippen molar-refractivity contribution >= 4 is 23.6 Å². The maximum Gasteiger partial charge on any atom is 0.311 e. The highest BCUT2D eigenvalue weighted by molar-refractivity contribution is 8.00. The molecule has 0 saturated heterocycles. The number of nitrogens with zero attached hydrogens (tertiary/aromatic N) is 1. The zero-order valence-electron chi connectivity index (χ0n) is 15.3. The molecule has 8 nitrogen and oxygen atoms in total. The molecule has 1 atom stereocenters. The lowest BCUT2D eigenvalue weighted by Gasteiger charge is -2.13. The van der Waals surface area contributed by atoms with Crippen molar-refractivity contribution in [2.24, 2.45) is 0 Å². The molecule has 1 amide bonds. The van der Waals surface area contributed by atoms with Crippen molar-refractivity contribution in [3.8, 4) is 5.75 Å². The number of carbonyl (C=O) groups excluding carboxylic acids is 2. The van der Waals surface area contributed by atoms with Crippen molar-refractivity contribution in [2.75, 3.05) is 14.2 Å². The van der Waals surface area contributed by atoms with Crippen molar-refractivity contribution in [3.63, 3.8) is 0 Å². The van der Waals surface area contributed by atoms with Gasteiger partial charge in [0.1, 0.15) is 5.75 Å². The maximum atomic E-state index is 12.3. The molecule has 0 spiro atoms. The molecule has 2 rings (SSSR count). The molecule has 0 aliphatic carbocycles. The summed E-state index contributed by atoms with van der Waals surface area (Å²) in [4.78, 5) is 42.2. The van der Waals surface area contributed by atoms with Crippen LogP contribution in [-0.4, -0.2) is 41.3 Å². The molecular weight excluding hydrogens is 370 g/mol. The number of esters is 1. The molecule has 1 aromatic carbocycles. The van der Waals surface area contributed by atoms with Crippen molar-refractivity contribution in [2.45, 2.75) is 30.3 Å². The zero-order chi connectivity index (χ0) is 19.8. The van der Waals surface area contributed by atoms with Gasteiger partial charge in [-0.05, 0) is 13.0 Å². The molecule has 0 bridgehead atoms. The zero-order valence-corrected chi connectivity index (χ0v) is 16.1. The van der Waals surface area contributed by atoms with Crippen molar-refractivity contribution in [1.29, 1.82) is 0 Å². The van der Waals surface area contributed by atoms with Crippen LogP contribution in [0.3, 0.4) is 0 Å². The summed E-state index contributed by atoms with van der Waals surface area (Å²) in [5, 5.41) is 2.59. The van der Waals surface area contributed by atoms with E-state index in [4.69, 9.17) is 4.74 Å². The van der Waals surface area contributed by atoms with E-state index in [9.17, 15) is 14.4 Å². The summed E-state index contributed by atoms with van der Waals surface area (Å²) >= 11 is 1.10. The molecule has 144 valence electrons. The number of rotatable bonds is 8. The van der Waals surface area contributed by atoms with E-state index in [1.165, 1.54) is 13.2 Å². The van der Waals surface area contributed by atoms with Crippen LogP contribution in [-0.2, 0) is 27.3 Å². The highest BCUT2D eigenvalue weighted by Gasteiger charge is 2.17. The lowest BCUT2D eigenvalue weighted by atomic mass is 10.2. The third-order valence-electron chi connectivity index (χ3n) is 3.63. The Morgan fingerprint density at radius 1 is 1.30 bits per heavy atom. The standard InChI is InChI=1S/C18H21N3O5S/c1-11(17(24)19-10-12-6-4-5-7-14(12)25-2)27-18-20-13(8-15(22)21-18)9-16(23)26-3/h4-8,11H,9-10H2,1-3H3,(H,19,24)(H,20,21,22)/t11-/m0/s1. The van der Waals surface area contributed by atoms with Crippen molar-refractivity contribution < 1.29 is 19.1 Å². The number of aromatic amines is 1. The Morgan fingerprint density at radius 3 is 2.74 bits per heavy atom. The van der Waals surface area contributed by atoms with Gasteiger partial charge in [0.25, 0.3) is 5.56 Å². The summed E-state index contributed by atoms with van der Waals surface area (Å²) < 4.78 is 9.83. The van der Waals surface area contributed by atoms with E-state index in [1.54, 1.807) is 14.0 Å². The van der Waals surface area contributed by atoms with Gasteiger partial charge in [0.2, 0.25) is 5.91 Å². The largest absolute Gasteiger partial charge is 0.496 e. The summed E-state index contributed by atoms with van der Waals surface area (Å²) in [6, 6.07) is 8.64. The van der Waals surface area contributed by atoms with Gasteiger partial charge in [0.15, 0.2) is 5.16 Å². The minimum atomic E-state index is -0.503. The number of amides is 1. The van der Waals surface area contributed by atoms with Gasteiger partial charge in [-0.1, -0.05) is 30.0 Å². The number of para-hydroxylation sites is 1. The predicted molar refractivity (Wildman–Crippen MR) is 101 cm³/mol. The number of aromatic nitrogens is 2. The van der Waals surface area contributed by atoms with Gasteiger partial charge in [-0.15, -0.1) is 0 Å². The molecule has 2 aromatic rings. The molecule has 27 heavy (non-hydrogen) atoms. The number of hydrogen-bond donors (Lipinski definition) is 2. The van der Waals surface area contributed by atoms with E-state index in [0.29, 0.717) is 12.3 Å². The number of benzene rings is 1. The smallest absolute Gasteiger partial charge is 0.311 e. The third-order valence-corrected chi connectivity index (χ3v) is 4.61. The number of carbonyl (C=O) groups is 2. The molecule has 0 unspecified atom stereocenters. The molecule has 2 N–H and O–H groups in total. The SMILES string of the molecule is COC(=O)Cc1cc(=O)[nH]c(S[C@@H](C)C(=O)NCc2ccccc2OC)n1. The van der Waals surface area contributed by atoms with E-state index >= 15 is 0 Å². The number of thioether (sulfide) groups is 1. The molecule has 0 fully saturated rings. The Morgan fingerprint density at radius 2 is 2.04 bits per heavy atom. The average molecular weight is 391 g/mol. The second-order valence-electron chi connectivity index (χ2n) is 5.58. The highest BCUT2D eigenvalue weighted by Crippen LogP contribution is 2.20. The minimum absolute atomic E-state index is 0.109. The first-order valence-electron chi connectivity index (χ1n) is 8.16. The Balaban J connectivity index is 1.99. The van der Waals surface area contributed by atoms with Crippen LogP contribution >= 0.6 is 11.8 Å². The van der Waals surface area contributed by atoms with Crippen LogP contribution in [0, 0.1) is 0 Å². The van der Waals surface area contributed by atoms with Crippen LogP contribution in [0.1, 0.15) is 18.2 Å². The Hall–Kier alpha value is -2.81. The Bertz CT molecular complexity index is 868. The van der Waals surface area contributed by atoms with Crippen LogP contribution < -0.4 is 15.6 Å². The molecule has 0 aliphatic rings. The van der Waals surface area contributed by atoms with Gasteiger partial charge in [0, 0.05) is 18.2 Å². The Labute approximate surface area is 160 Å². The van der Waals surface area contributed by atoms with E-state index in [-0.39, 0.29) is 23.2 Å². The fourth-order valence-electron chi connectivity index (χ4n) is 2.25. The van der Waals surface area contributed by atoms with Crippen LogP contribution in [0.15, 0.2) is 40.3 Å². The first-order chi connectivity index (χ1) is 12.9. The van der Waals surface area contributed by atoms with Crippen molar-refractivity contribution in [3.05, 3.63) is 51.9 Å². The number of H-pyrrole nitrogens is 1. The topological polar surface area (TPSA) is 110 Å². The molecule has 0 radical (unpaired) electrons. The Kier molecular flexibility index (Phi) is 7.42. The minimum Gasteiger partial charge on any atom is -0.496 e. The second kappa shape index (κ2) is 9.77. The van der Waals surface area contributed by atoms with Gasteiger partial charge in [-0.3, -0.25) is 14.4 Å². The lowest BCUT2D eigenvalue weighted by molar-refractivity contribution is -0.139. The van der Waals surface area contributed by atoms with Gasteiger partial charge < -0.3 is 19.8 Å². The summed E-state index contributed by atoms with van der Waals surface area (Å²) in [6.45, 7) is 2.02. The van der Waals surface area contributed by atoms with Gasteiger partial charge in [-0.2, -0.15) is 0 Å². The molecular formula is C18H21N3O5S. The number of hydrogen-bond acceptors (Lipinski definition) is 7. The summed E-state index contributed by atoms with van der Waals surface area (Å²) in [5.41, 5.74) is 0.750. The fraction of sp³-hybridized carbons (Fsp3) is 0.333. The maximum absolute atomic E-state index is 12.3. The van der Waals surface area contributed by atoms with Gasteiger partial charge >= 0.3 is 5.97 Å². The summed E-state index contributed by atoms with van der Waals surface area (Å²) in [6.07, 6.45) is -0.109. The van der Waals surface area contributed by atoms with Gasteiger partial charge in [-0.25, -0.2) is 4.98 Å². The van der Waals surface area contributed by atoms with E-state index in [2.05, 4.69) is 20.0 Å². The molecule has 9 heteroatoms. The molecule has 1 heterocycles. The summed E-state index contributed by atoms with van der Waals surface area (Å²) in [5.74, 6) is -0.0156. The normalized spacial score (nSPS) is 11.5. The van der Waals surface area contributed by atoms with Crippen LogP contribution in [0.5, 0.6) is 5.75 Å². The number of ether oxygens (including phenoxy) is 2. The second-order valence-corrected chi connectivity index (χ2v) is 6.91. The van der Waals surface area contributed by atoms with E-state index in [1.807, 2.05) is 24.3 Å². The molecule has 0 saturated carbocycles. The van der Waals surface area contributed by atoms with Crippen molar-refractivity contribution in [1.82, 2.24) is 15.3 Å². The van der Waals surface area contributed by atoms with Gasteiger partial charge in [0.05, 0.1) is 31.6 Å². The number of methoxy groups -OCH3 is 2.